The third-order valence-corrected chi connectivity index (χ3v) is 6.89. The maximum Gasteiger partial charge on any atom is 0.253 e. The molecule has 0 saturated carbocycles. The van der Waals surface area contributed by atoms with Crippen LogP contribution in [0.2, 0.25) is 0 Å². The van der Waals surface area contributed by atoms with Crippen LogP contribution in [0.25, 0.3) is 5.78 Å². The van der Waals surface area contributed by atoms with Crippen LogP contribution >= 0.6 is 23.5 Å². The van der Waals surface area contributed by atoms with Crippen LogP contribution in [0.5, 0.6) is 0 Å². The third kappa shape index (κ3) is 6.11. The minimum absolute atomic E-state index is 0.0888. The van der Waals surface area contributed by atoms with Crippen molar-refractivity contribution in [3.63, 3.8) is 0 Å². The number of nitrogens with zero attached hydrogens (tertiary/aromatic N) is 4. The fraction of sp³-hybridized carbons (Fsp3) is 0.250. The maximum absolute atomic E-state index is 13.0. The second-order valence-electron chi connectivity index (χ2n) is 7.50. The Morgan fingerprint density at radius 2 is 1.85 bits per heavy atom. The summed E-state index contributed by atoms with van der Waals surface area (Å²) in [5.74, 6) is 1.69. The van der Waals surface area contributed by atoms with E-state index in [0.29, 0.717) is 28.8 Å². The molecule has 170 valence electrons. The van der Waals surface area contributed by atoms with Crippen LogP contribution in [0.3, 0.4) is 0 Å². The minimum Gasteiger partial charge on any atom is -0.352 e. The number of aryl methyl sites for hydroxylation is 2. The Bertz CT molecular complexity index is 1260. The molecule has 0 aliphatic heterocycles. The molecule has 4 aromatic rings. The molecule has 0 fully saturated rings. The second kappa shape index (κ2) is 10.8. The van der Waals surface area contributed by atoms with Crippen molar-refractivity contribution >= 4 is 35.2 Å². The molecule has 4 rings (SSSR count). The van der Waals surface area contributed by atoms with Crippen molar-refractivity contribution in [1.29, 1.82) is 0 Å². The van der Waals surface area contributed by atoms with Gasteiger partial charge in [-0.2, -0.15) is 4.98 Å². The van der Waals surface area contributed by atoms with Crippen molar-refractivity contribution in [2.24, 2.45) is 0 Å². The number of amides is 1. The molecule has 0 saturated heterocycles. The summed E-state index contributed by atoms with van der Waals surface area (Å²) in [5, 5.41) is 8.16. The number of hydrogen-bond acceptors (Lipinski definition) is 6. The lowest BCUT2D eigenvalue weighted by Crippen LogP contribution is -2.25. The summed E-state index contributed by atoms with van der Waals surface area (Å²) < 4.78 is 14.7. The Kier molecular flexibility index (Phi) is 7.61. The van der Waals surface area contributed by atoms with Gasteiger partial charge < -0.3 is 5.32 Å². The number of halogens is 1. The van der Waals surface area contributed by atoms with Crippen LogP contribution < -0.4 is 5.32 Å². The third-order valence-electron chi connectivity index (χ3n) is 4.91. The van der Waals surface area contributed by atoms with Crippen molar-refractivity contribution in [1.82, 2.24) is 24.9 Å². The van der Waals surface area contributed by atoms with E-state index in [1.54, 1.807) is 28.4 Å². The van der Waals surface area contributed by atoms with Crippen molar-refractivity contribution in [2.75, 3.05) is 12.3 Å². The zero-order valence-corrected chi connectivity index (χ0v) is 20.0. The molecule has 6 nitrogen and oxygen atoms in total. The lowest BCUT2D eigenvalue weighted by Gasteiger charge is -2.09. The summed E-state index contributed by atoms with van der Waals surface area (Å²) in [6.07, 6.45) is 0.821. The first-order valence-corrected chi connectivity index (χ1v) is 12.5. The molecule has 0 radical (unpaired) electrons. The van der Waals surface area contributed by atoms with E-state index < -0.39 is 0 Å². The van der Waals surface area contributed by atoms with Gasteiger partial charge in [0, 0.05) is 34.1 Å². The highest BCUT2D eigenvalue weighted by Crippen LogP contribution is 2.23. The van der Waals surface area contributed by atoms with Gasteiger partial charge in [-0.3, -0.25) is 4.79 Å². The first-order chi connectivity index (χ1) is 16.0. The Morgan fingerprint density at radius 1 is 1.06 bits per heavy atom. The van der Waals surface area contributed by atoms with E-state index in [1.807, 2.05) is 44.2 Å². The van der Waals surface area contributed by atoms with Gasteiger partial charge in [-0.1, -0.05) is 30.0 Å². The van der Waals surface area contributed by atoms with Gasteiger partial charge in [-0.05, 0) is 68.0 Å². The van der Waals surface area contributed by atoms with Crippen molar-refractivity contribution in [3.05, 3.63) is 82.9 Å². The molecule has 1 N–H and O–H groups in total. The Balaban J connectivity index is 1.30. The molecular weight excluding hydrogens is 457 g/mol. The van der Waals surface area contributed by atoms with Gasteiger partial charge in [0.25, 0.3) is 11.7 Å². The number of carbonyl (C=O) groups is 1. The van der Waals surface area contributed by atoms with Crippen LogP contribution in [-0.2, 0) is 5.75 Å². The summed E-state index contributed by atoms with van der Waals surface area (Å²) in [6.45, 7) is 4.49. The zero-order valence-electron chi connectivity index (χ0n) is 18.4. The first-order valence-electron chi connectivity index (χ1n) is 10.6. The average Bonchev–Trinajstić information content (AvgIpc) is 3.22. The van der Waals surface area contributed by atoms with Gasteiger partial charge in [0.15, 0.2) is 0 Å². The average molecular weight is 482 g/mol. The standard InChI is InChI=1S/C24H24FN5OS2/c1-16-14-17(2)30-23(27-16)28-24(29-30)33-15-18-6-3-4-7-21(18)22(31)26-12-5-13-32-20-10-8-19(25)9-11-20/h3-4,6-11,14H,5,12-13,15H2,1-2H3,(H,26,31). The lowest BCUT2D eigenvalue weighted by molar-refractivity contribution is 0.0953. The normalized spacial score (nSPS) is 11.1. The van der Waals surface area contributed by atoms with Crippen molar-refractivity contribution < 1.29 is 9.18 Å². The molecule has 0 unspecified atom stereocenters. The van der Waals surface area contributed by atoms with Crippen LogP contribution in [0.15, 0.2) is 64.6 Å². The summed E-state index contributed by atoms with van der Waals surface area (Å²) in [6, 6.07) is 16.0. The Labute approximate surface area is 200 Å². The highest BCUT2D eigenvalue weighted by molar-refractivity contribution is 7.99. The fourth-order valence-electron chi connectivity index (χ4n) is 3.31. The smallest absolute Gasteiger partial charge is 0.253 e. The quantitative estimate of drug-likeness (QED) is 0.265. The Morgan fingerprint density at radius 3 is 2.67 bits per heavy atom. The van der Waals surface area contributed by atoms with E-state index in [9.17, 15) is 9.18 Å². The summed E-state index contributed by atoms with van der Waals surface area (Å²) in [5.41, 5.74) is 3.47. The molecule has 0 bridgehead atoms. The van der Waals surface area contributed by atoms with Gasteiger partial charge in [0.05, 0.1) is 0 Å². The fourth-order valence-corrected chi connectivity index (χ4v) is 4.98. The predicted octanol–water partition coefficient (Wildman–Crippen LogP) is 5.08. The monoisotopic (exact) mass is 481 g/mol. The number of nitrogens with one attached hydrogen (secondary N) is 1. The number of aromatic nitrogens is 4. The van der Waals surface area contributed by atoms with E-state index in [0.717, 1.165) is 34.0 Å². The van der Waals surface area contributed by atoms with Crippen molar-refractivity contribution in [3.8, 4) is 0 Å². The largest absolute Gasteiger partial charge is 0.352 e. The van der Waals surface area contributed by atoms with E-state index in [-0.39, 0.29) is 11.7 Å². The number of rotatable bonds is 9. The molecule has 33 heavy (non-hydrogen) atoms. The summed E-state index contributed by atoms with van der Waals surface area (Å²) in [7, 11) is 0. The summed E-state index contributed by atoms with van der Waals surface area (Å²) in [4.78, 5) is 22.7. The van der Waals surface area contributed by atoms with Crippen LogP contribution in [0.4, 0.5) is 4.39 Å². The van der Waals surface area contributed by atoms with Gasteiger partial charge in [-0.25, -0.2) is 13.9 Å². The lowest BCUT2D eigenvalue weighted by atomic mass is 10.1. The first kappa shape index (κ1) is 23.3. The number of thioether (sulfide) groups is 2. The molecule has 2 aromatic carbocycles. The molecule has 1 amide bonds. The Hall–Kier alpha value is -2.91. The molecule has 0 aliphatic rings. The van der Waals surface area contributed by atoms with Gasteiger partial charge >= 0.3 is 0 Å². The number of benzene rings is 2. The number of hydrogen-bond donors (Lipinski definition) is 1. The highest BCUT2D eigenvalue weighted by Gasteiger charge is 2.13. The van der Waals surface area contributed by atoms with Gasteiger partial charge in [-0.15, -0.1) is 16.9 Å². The highest BCUT2D eigenvalue weighted by atomic mass is 32.2. The zero-order chi connectivity index (χ0) is 23.2. The molecule has 9 heteroatoms. The van der Waals surface area contributed by atoms with Crippen LogP contribution in [-0.4, -0.2) is 37.8 Å². The second-order valence-corrected chi connectivity index (χ2v) is 9.61. The molecule has 0 spiro atoms. The minimum atomic E-state index is -0.234. The topological polar surface area (TPSA) is 72.2 Å². The molecule has 0 aliphatic carbocycles. The predicted molar refractivity (Wildman–Crippen MR) is 130 cm³/mol. The van der Waals surface area contributed by atoms with Gasteiger partial charge in [0.2, 0.25) is 5.16 Å². The van der Waals surface area contributed by atoms with Crippen LogP contribution in [0, 0.1) is 19.7 Å². The molecule has 2 aromatic heterocycles. The molecular formula is C24H24FN5OS2. The van der Waals surface area contributed by atoms with Gasteiger partial charge in [0.1, 0.15) is 5.82 Å². The maximum atomic E-state index is 13.0. The number of carbonyl (C=O) groups excluding carboxylic acids is 1. The van der Waals surface area contributed by atoms with E-state index >= 15 is 0 Å². The summed E-state index contributed by atoms with van der Waals surface area (Å²) >= 11 is 3.13. The molecule has 2 heterocycles. The number of fused-ring (bicyclic) bond motifs is 1. The van der Waals surface area contributed by atoms with E-state index in [2.05, 4.69) is 20.4 Å². The van der Waals surface area contributed by atoms with Crippen molar-refractivity contribution in [2.45, 2.75) is 36.1 Å². The van der Waals surface area contributed by atoms with E-state index in [4.69, 9.17) is 0 Å². The molecule has 0 atom stereocenters. The SMILES string of the molecule is Cc1cc(C)n2nc(SCc3ccccc3C(=O)NCCCSc3ccc(F)cc3)nc2n1. The van der Waals surface area contributed by atoms with E-state index in [1.165, 1.54) is 23.9 Å². The van der Waals surface area contributed by atoms with Crippen LogP contribution in [0.1, 0.15) is 33.7 Å².